The summed E-state index contributed by atoms with van der Waals surface area (Å²) in [4.78, 5) is 29.0. The number of benzene rings is 1. The van der Waals surface area contributed by atoms with Gasteiger partial charge in [-0.05, 0) is 37.6 Å². The number of carboxylic acids is 1. The van der Waals surface area contributed by atoms with Gasteiger partial charge in [-0.2, -0.15) is 0 Å². The normalized spacial score (nSPS) is 18.1. The number of nitrogens with one attached hydrogen (secondary N) is 4. The summed E-state index contributed by atoms with van der Waals surface area (Å²) in [5.41, 5.74) is -0.0844. The molecule has 0 saturated carbocycles. The van der Waals surface area contributed by atoms with Crippen LogP contribution in [-0.2, 0) is 10.0 Å². The van der Waals surface area contributed by atoms with E-state index >= 15 is 0 Å². The van der Waals surface area contributed by atoms with Gasteiger partial charge >= 0.3 is 5.97 Å². The summed E-state index contributed by atoms with van der Waals surface area (Å²) < 4.78 is 28.2. The van der Waals surface area contributed by atoms with E-state index in [1.165, 1.54) is 24.4 Å². The molecule has 0 aliphatic carbocycles. The van der Waals surface area contributed by atoms with Gasteiger partial charge in [0.15, 0.2) is 0 Å². The predicted octanol–water partition coefficient (Wildman–Crippen LogP) is 0.738. The van der Waals surface area contributed by atoms with Crippen molar-refractivity contribution in [2.24, 2.45) is 0 Å². The molecule has 1 aromatic carbocycles. The number of rotatable bonds is 4. The first-order chi connectivity index (χ1) is 12.9. The first-order valence-electron chi connectivity index (χ1n) is 8.50. The topological polar surface area (TPSA) is 144 Å². The van der Waals surface area contributed by atoms with Crippen LogP contribution < -0.4 is 15.6 Å². The van der Waals surface area contributed by atoms with Crippen molar-refractivity contribution in [2.45, 2.75) is 23.8 Å². The molecule has 3 heterocycles. The van der Waals surface area contributed by atoms with E-state index in [4.69, 9.17) is 0 Å². The summed E-state index contributed by atoms with van der Waals surface area (Å²) in [6.45, 7) is 1.43. The second kappa shape index (κ2) is 6.48. The van der Waals surface area contributed by atoms with Gasteiger partial charge in [0.1, 0.15) is 5.52 Å². The van der Waals surface area contributed by atoms with Crippen LogP contribution in [0.25, 0.3) is 21.8 Å². The molecule has 5 N–H and O–H groups in total. The molecule has 2 aromatic heterocycles. The molecular formula is C17H18N4O5S. The van der Waals surface area contributed by atoms with Crippen LogP contribution in [-0.4, -0.2) is 48.6 Å². The van der Waals surface area contributed by atoms with Crippen molar-refractivity contribution in [3.63, 3.8) is 0 Å². The molecule has 9 nitrogen and oxygen atoms in total. The number of pyridine rings is 1. The van der Waals surface area contributed by atoms with Gasteiger partial charge in [-0.1, -0.05) is 0 Å². The molecule has 3 aromatic rings. The molecule has 10 heteroatoms. The van der Waals surface area contributed by atoms with E-state index in [9.17, 15) is 23.1 Å². The fourth-order valence-corrected chi connectivity index (χ4v) is 4.78. The van der Waals surface area contributed by atoms with Crippen molar-refractivity contribution >= 4 is 37.8 Å². The monoisotopic (exact) mass is 390 g/mol. The third-order valence-corrected chi connectivity index (χ3v) is 6.29. The Morgan fingerprint density at radius 2 is 2.11 bits per heavy atom. The molecule has 0 radical (unpaired) electrons. The summed E-state index contributed by atoms with van der Waals surface area (Å²) in [7, 11) is -3.79. The van der Waals surface area contributed by atoms with Gasteiger partial charge in [0.2, 0.25) is 10.0 Å². The smallest absolute Gasteiger partial charge is 0.337 e. The highest BCUT2D eigenvalue weighted by molar-refractivity contribution is 7.89. The van der Waals surface area contributed by atoms with E-state index < -0.39 is 21.6 Å². The van der Waals surface area contributed by atoms with E-state index in [0.29, 0.717) is 17.4 Å². The average molecular weight is 390 g/mol. The molecule has 1 unspecified atom stereocenters. The number of H-pyrrole nitrogens is 2. The lowest BCUT2D eigenvalue weighted by atomic mass is 10.1. The number of carbonyl (C=O) groups is 1. The SMILES string of the molecule is O=C(O)c1c[nH]c2c(=O)[nH]c3ccc(S(=O)(=O)NC4CCCNC4)cc3c12. The molecule has 4 rings (SSSR count). The summed E-state index contributed by atoms with van der Waals surface area (Å²) in [5, 5.41) is 13.1. The second-order valence-corrected chi connectivity index (χ2v) is 8.30. The Morgan fingerprint density at radius 1 is 1.30 bits per heavy atom. The molecule has 0 amide bonds. The zero-order chi connectivity index (χ0) is 19.2. The molecule has 1 aliphatic rings. The summed E-state index contributed by atoms with van der Waals surface area (Å²) in [6.07, 6.45) is 2.87. The number of hydrogen-bond donors (Lipinski definition) is 5. The average Bonchev–Trinajstić information content (AvgIpc) is 3.08. The van der Waals surface area contributed by atoms with Crippen molar-refractivity contribution in [3.8, 4) is 0 Å². The minimum Gasteiger partial charge on any atom is -0.478 e. The van der Waals surface area contributed by atoms with Gasteiger partial charge in [0, 0.05) is 35.1 Å². The molecule has 1 atom stereocenters. The van der Waals surface area contributed by atoms with E-state index in [2.05, 4.69) is 20.0 Å². The van der Waals surface area contributed by atoms with Gasteiger partial charge in [-0.15, -0.1) is 0 Å². The maximum Gasteiger partial charge on any atom is 0.337 e. The third kappa shape index (κ3) is 3.11. The van der Waals surface area contributed by atoms with Gasteiger partial charge < -0.3 is 20.4 Å². The fraction of sp³-hybridized carbons (Fsp3) is 0.294. The Labute approximate surface area is 153 Å². The molecule has 1 aliphatic heterocycles. The summed E-state index contributed by atoms with van der Waals surface area (Å²) in [5.74, 6) is -1.20. The Bertz CT molecular complexity index is 1210. The maximum absolute atomic E-state index is 12.8. The number of aromatic amines is 2. The predicted molar refractivity (Wildman–Crippen MR) is 99.6 cm³/mol. The van der Waals surface area contributed by atoms with Crippen molar-refractivity contribution < 1.29 is 18.3 Å². The number of carboxylic acid groups (broad SMARTS) is 1. The Morgan fingerprint density at radius 3 is 2.81 bits per heavy atom. The first kappa shape index (κ1) is 17.7. The Kier molecular flexibility index (Phi) is 4.25. The minimum absolute atomic E-state index is 0.0199. The third-order valence-electron chi connectivity index (χ3n) is 4.78. The lowest BCUT2D eigenvalue weighted by Gasteiger charge is -2.23. The highest BCUT2D eigenvalue weighted by Gasteiger charge is 2.23. The van der Waals surface area contributed by atoms with Gasteiger partial charge in [-0.3, -0.25) is 4.79 Å². The largest absolute Gasteiger partial charge is 0.478 e. The fourth-order valence-electron chi connectivity index (χ4n) is 3.48. The van der Waals surface area contributed by atoms with Crippen molar-refractivity contribution in [2.75, 3.05) is 13.1 Å². The number of aromatic nitrogens is 2. The molecule has 1 saturated heterocycles. The number of sulfonamides is 1. The number of piperidine rings is 1. The van der Waals surface area contributed by atoms with Crippen LogP contribution in [0.2, 0.25) is 0 Å². The van der Waals surface area contributed by atoms with Gasteiger partial charge in [0.25, 0.3) is 5.56 Å². The van der Waals surface area contributed by atoms with Gasteiger partial charge in [-0.25, -0.2) is 17.9 Å². The zero-order valence-corrected chi connectivity index (χ0v) is 15.0. The molecule has 0 bridgehead atoms. The molecule has 0 spiro atoms. The number of fused-ring (bicyclic) bond motifs is 3. The van der Waals surface area contributed by atoms with Crippen molar-refractivity contribution in [1.29, 1.82) is 0 Å². The van der Waals surface area contributed by atoms with E-state index in [0.717, 1.165) is 19.4 Å². The first-order valence-corrected chi connectivity index (χ1v) is 9.98. The Balaban J connectivity index is 1.87. The Hall–Kier alpha value is -2.69. The number of hydrogen-bond acceptors (Lipinski definition) is 5. The van der Waals surface area contributed by atoms with Crippen LogP contribution >= 0.6 is 0 Å². The van der Waals surface area contributed by atoms with Crippen LogP contribution in [0.1, 0.15) is 23.2 Å². The molecule has 27 heavy (non-hydrogen) atoms. The van der Waals surface area contributed by atoms with Gasteiger partial charge in [0.05, 0.1) is 10.5 Å². The van der Waals surface area contributed by atoms with E-state index in [1.54, 1.807) is 0 Å². The molecule has 1 fully saturated rings. The lowest BCUT2D eigenvalue weighted by molar-refractivity contribution is 0.0699. The highest BCUT2D eigenvalue weighted by Crippen LogP contribution is 2.27. The van der Waals surface area contributed by atoms with Crippen LogP contribution in [0.5, 0.6) is 0 Å². The molecular weight excluding hydrogens is 372 g/mol. The second-order valence-electron chi connectivity index (χ2n) is 6.58. The van der Waals surface area contributed by atoms with Crippen molar-refractivity contribution in [3.05, 3.63) is 40.3 Å². The minimum atomic E-state index is -3.79. The van der Waals surface area contributed by atoms with Crippen LogP contribution in [0.4, 0.5) is 0 Å². The van der Waals surface area contributed by atoms with Crippen LogP contribution in [0.15, 0.2) is 34.1 Å². The lowest BCUT2D eigenvalue weighted by Crippen LogP contribution is -2.45. The highest BCUT2D eigenvalue weighted by atomic mass is 32.2. The summed E-state index contributed by atoms with van der Waals surface area (Å²) in [6, 6.07) is 4.07. The zero-order valence-electron chi connectivity index (χ0n) is 14.2. The summed E-state index contributed by atoms with van der Waals surface area (Å²) >= 11 is 0. The standard InChI is InChI=1S/C17H18N4O5S/c22-16-15-14(12(8-19-15)17(23)24)11-6-10(3-4-13(11)20-16)27(25,26)21-9-2-1-5-18-7-9/h3-4,6,8-9,18-19,21H,1-2,5,7H2,(H,20,22)(H,23,24). The van der Waals surface area contributed by atoms with E-state index in [1.807, 2.05) is 0 Å². The maximum atomic E-state index is 12.8. The van der Waals surface area contributed by atoms with Crippen LogP contribution in [0, 0.1) is 0 Å². The quantitative estimate of drug-likeness (QED) is 0.444. The number of aromatic carboxylic acids is 1. The van der Waals surface area contributed by atoms with Crippen molar-refractivity contribution in [1.82, 2.24) is 20.0 Å². The molecule has 142 valence electrons. The van der Waals surface area contributed by atoms with Crippen LogP contribution in [0.3, 0.4) is 0 Å². The van der Waals surface area contributed by atoms with E-state index in [-0.39, 0.29) is 27.4 Å².